The summed E-state index contributed by atoms with van der Waals surface area (Å²) in [4.78, 5) is 1.81. The summed E-state index contributed by atoms with van der Waals surface area (Å²) in [7, 11) is 0. The molecular weight excluding hydrogens is 186 g/mol. The van der Waals surface area contributed by atoms with Crippen LogP contribution in [0.25, 0.3) is 0 Å². The van der Waals surface area contributed by atoms with Gasteiger partial charge in [-0.3, -0.25) is 4.90 Å². The quantitative estimate of drug-likeness (QED) is 0.761. The van der Waals surface area contributed by atoms with Crippen LogP contribution in [0.15, 0.2) is 0 Å². The number of hydrogen-bond donors (Lipinski definition) is 1. The summed E-state index contributed by atoms with van der Waals surface area (Å²) < 4.78 is 26.1. The maximum atomic E-state index is 13.1. The van der Waals surface area contributed by atoms with Crippen molar-refractivity contribution in [1.82, 2.24) is 4.90 Å². The van der Waals surface area contributed by atoms with E-state index in [4.69, 9.17) is 5.73 Å². The van der Waals surface area contributed by atoms with Gasteiger partial charge in [-0.1, -0.05) is 13.8 Å². The van der Waals surface area contributed by atoms with Gasteiger partial charge in [0.1, 0.15) is 0 Å². The molecule has 1 fully saturated rings. The fourth-order valence-electron chi connectivity index (χ4n) is 1.80. The molecular formula is C10H20F2N2. The van der Waals surface area contributed by atoms with Gasteiger partial charge in [-0.05, 0) is 19.3 Å². The third-order valence-corrected chi connectivity index (χ3v) is 3.75. The smallest absolute Gasteiger partial charge is 0.272 e. The molecule has 84 valence electrons. The monoisotopic (exact) mass is 206 g/mol. The number of halogens is 2. The minimum atomic E-state index is -2.76. The zero-order valence-corrected chi connectivity index (χ0v) is 9.40. The molecule has 0 bridgehead atoms. The van der Waals surface area contributed by atoms with E-state index in [0.29, 0.717) is 0 Å². The van der Waals surface area contributed by atoms with Crippen molar-refractivity contribution in [2.45, 2.75) is 39.2 Å². The van der Waals surface area contributed by atoms with E-state index >= 15 is 0 Å². The highest BCUT2D eigenvalue weighted by atomic mass is 19.3. The first-order valence-electron chi connectivity index (χ1n) is 4.95. The molecule has 1 aliphatic heterocycles. The molecule has 2 N–H and O–H groups in total. The molecule has 1 heterocycles. The first kappa shape index (κ1) is 11.9. The van der Waals surface area contributed by atoms with E-state index in [0.717, 1.165) is 6.54 Å². The number of alkyl halides is 2. The Hall–Kier alpha value is -0.220. The molecule has 1 saturated heterocycles. The molecule has 0 amide bonds. The van der Waals surface area contributed by atoms with Gasteiger partial charge in [0, 0.05) is 12.1 Å². The van der Waals surface area contributed by atoms with Crippen LogP contribution in [-0.4, -0.2) is 36.0 Å². The number of likely N-dealkylation sites (tertiary alicyclic amines) is 1. The van der Waals surface area contributed by atoms with Crippen molar-refractivity contribution >= 4 is 0 Å². The predicted molar refractivity (Wildman–Crippen MR) is 53.4 cm³/mol. The van der Waals surface area contributed by atoms with Crippen LogP contribution in [0, 0.1) is 5.41 Å². The minimum Gasteiger partial charge on any atom is -0.325 e. The second-order valence-electron chi connectivity index (χ2n) is 5.36. The highest BCUT2D eigenvalue weighted by Gasteiger charge is 2.54. The summed E-state index contributed by atoms with van der Waals surface area (Å²) in [5, 5.41) is 0. The SMILES string of the molecule is CC1(C)CN(CC(F)(F)CN)C1(C)C. The molecule has 0 aromatic rings. The van der Waals surface area contributed by atoms with E-state index in [1.807, 2.05) is 13.8 Å². The van der Waals surface area contributed by atoms with Crippen LogP contribution >= 0.6 is 0 Å². The van der Waals surface area contributed by atoms with Gasteiger partial charge >= 0.3 is 0 Å². The maximum Gasteiger partial charge on any atom is 0.272 e. The minimum absolute atomic E-state index is 0.109. The van der Waals surface area contributed by atoms with Crippen molar-refractivity contribution in [1.29, 1.82) is 0 Å². The standard InChI is InChI=1S/C10H20F2N2/c1-8(2)6-14(9(8,3)4)7-10(11,12)5-13/h5-7,13H2,1-4H3. The fraction of sp³-hybridized carbons (Fsp3) is 1.00. The average Bonchev–Trinajstić information content (AvgIpc) is 2.03. The Kier molecular flexibility index (Phi) is 2.66. The van der Waals surface area contributed by atoms with Gasteiger partial charge in [0.2, 0.25) is 0 Å². The lowest BCUT2D eigenvalue weighted by Crippen LogP contribution is -2.71. The second-order valence-corrected chi connectivity index (χ2v) is 5.36. The molecule has 1 aliphatic rings. The molecule has 0 aromatic heterocycles. The Morgan fingerprint density at radius 3 is 2.07 bits per heavy atom. The van der Waals surface area contributed by atoms with Crippen molar-refractivity contribution in [2.75, 3.05) is 19.6 Å². The molecule has 2 nitrogen and oxygen atoms in total. The van der Waals surface area contributed by atoms with Crippen molar-refractivity contribution in [3.05, 3.63) is 0 Å². The molecule has 0 radical (unpaired) electrons. The summed E-state index contributed by atoms with van der Waals surface area (Å²) in [6.07, 6.45) is 0. The van der Waals surface area contributed by atoms with Gasteiger partial charge < -0.3 is 5.73 Å². The van der Waals surface area contributed by atoms with Gasteiger partial charge in [-0.25, -0.2) is 8.78 Å². The zero-order chi connectivity index (χ0) is 11.2. The van der Waals surface area contributed by atoms with E-state index in [9.17, 15) is 8.78 Å². The molecule has 0 atom stereocenters. The Bertz CT molecular complexity index is 224. The fourth-order valence-corrected chi connectivity index (χ4v) is 1.80. The van der Waals surface area contributed by atoms with E-state index in [2.05, 4.69) is 13.8 Å². The molecule has 1 rings (SSSR count). The van der Waals surface area contributed by atoms with Crippen molar-refractivity contribution in [3.8, 4) is 0 Å². The molecule has 4 heteroatoms. The summed E-state index contributed by atoms with van der Waals surface area (Å²) >= 11 is 0. The first-order valence-corrected chi connectivity index (χ1v) is 4.95. The second kappa shape index (κ2) is 3.14. The largest absolute Gasteiger partial charge is 0.325 e. The molecule has 0 saturated carbocycles. The Balaban J connectivity index is 2.60. The van der Waals surface area contributed by atoms with E-state index in [1.54, 1.807) is 4.90 Å². The first-order chi connectivity index (χ1) is 6.12. The van der Waals surface area contributed by atoms with Crippen LogP contribution in [0.3, 0.4) is 0 Å². The van der Waals surface area contributed by atoms with Crippen molar-refractivity contribution in [2.24, 2.45) is 11.1 Å². The highest BCUT2D eigenvalue weighted by molar-refractivity contribution is 5.07. The maximum absolute atomic E-state index is 13.1. The van der Waals surface area contributed by atoms with Gasteiger partial charge in [0.15, 0.2) is 0 Å². The summed E-state index contributed by atoms with van der Waals surface area (Å²) in [5.41, 5.74) is 4.96. The Morgan fingerprint density at radius 1 is 1.29 bits per heavy atom. The number of nitrogens with zero attached hydrogens (tertiary/aromatic N) is 1. The summed E-state index contributed by atoms with van der Waals surface area (Å²) in [6.45, 7) is 8.13. The number of rotatable bonds is 3. The highest BCUT2D eigenvalue weighted by Crippen LogP contribution is 2.46. The molecule has 0 spiro atoms. The third-order valence-electron chi connectivity index (χ3n) is 3.75. The van der Waals surface area contributed by atoms with Crippen LogP contribution in [0.1, 0.15) is 27.7 Å². The number of nitrogens with two attached hydrogens (primary N) is 1. The number of hydrogen-bond acceptors (Lipinski definition) is 2. The summed E-state index contributed by atoms with van der Waals surface area (Å²) in [6, 6.07) is 0. The summed E-state index contributed by atoms with van der Waals surface area (Å²) in [5.74, 6) is -2.76. The van der Waals surface area contributed by atoms with E-state index in [1.165, 1.54) is 0 Å². The lowest BCUT2D eigenvalue weighted by molar-refractivity contribution is -0.158. The molecule has 0 aromatic carbocycles. The Morgan fingerprint density at radius 2 is 1.79 bits per heavy atom. The van der Waals surface area contributed by atoms with Crippen LogP contribution in [0.2, 0.25) is 0 Å². The van der Waals surface area contributed by atoms with Crippen LogP contribution in [0.4, 0.5) is 8.78 Å². The average molecular weight is 206 g/mol. The topological polar surface area (TPSA) is 29.3 Å². The van der Waals surface area contributed by atoms with Crippen LogP contribution < -0.4 is 5.73 Å². The van der Waals surface area contributed by atoms with E-state index in [-0.39, 0.29) is 17.5 Å². The van der Waals surface area contributed by atoms with Gasteiger partial charge in [-0.2, -0.15) is 0 Å². The van der Waals surface area contributed by atoms with Gasteiger partial charge in [0.05, 0.1) is 13.1 Å². The van der Waals surface area contributed by atoms with Gasteiger partial charge in [0.25, 0.3) is 5.92 Å². The van der Waals surface area contributed by atoms with Crippen LogP contribution in [-0.2, 0) is 0 Å². The predicted octanol–water partition coefficient (Wildman–Crippen LogP) is 1.70. The molecule has 0 unspecified atom stereocenters. The third kappa shape index (κ3) is 1.77. The normalized spacial score (nSPS) is 25.9. The van der Waals surface area contributed by atoms with Crippen molar-refractivity contribution < 1.29 is 8.78 Å². The van der Waals surface area contributed by atoms with E-state index < -0.39 is 12.5 Å². The van der Waals surface area contributed by atoms with Crippen molar-refractivity contribution in [3.63, 3.8) is 0 Å². The molecule has 0 aliphatic carbocycles. The zero-order valence-electron chi connectivity index (χ0n) is 9.40. The Labute approximate surface area is 84.4 Å². The van der Waals surface area contributed by atoms with Crippen LogP contribution in [0.5, 0.6) is 0 Å². The van der Waals surface area contributed by atoms with Gasteiger partial charge in [-0.15, -0.1) is 0 Å². The lowest BCUT2D eigenvalue weighted by Gasteiger charge is -2.62. The molecule has 14 heavy (non-hydrogen) atoms. The lowest BCUT2D eigenvalue weighted by atomic mass is 9.65.